The number of carbonyl (C=O) groups is 1. The number of rotatable bonds is 4. The van der Waals surface area contributed by atoms with Crippen LogP contribution in [0.15, 0.2) is 12.4 Å². The minimum Gasteiger partial charge on any atom is -0.332 e. The number of thiazole rings is 1. The molecule has 0 N–H and O–H groups in total. The molecule has 128 valence electrons. The third kappa shape index (κ3) is 3.17. The molecule has 1 fully saturated rings. The van der Waals surface area contributed by atoms with Crippen LogP contribution in [0.2, 0.25) is 0 Å². The number of aromatic nitrogens is 3. The Morgan fingerprint density at radius 2 is 2.21 bits per heavy atom. The first kappa shape index (κ1) is 16.0. The van der Waals surface area contributed by atoms with Crippen LogP contribution in [0.1, 0.15) is 51.9 Å². The van der Waals surface area contributed by atoms with E-state index in [4.69, 9.17) is 4.98 Å². The Balaban J connectivity index is 1.42. The standard InChI is InChI=1S/C18H24N4OS/c1-21-10-8-19-18(21)17(23)13-5-4-9-22(11-13)12-16-20-14-6-2-3-7-15(14)24-16/h8,10,13H,2-7,9,11-12H2,1H3/t13-/m0/s1. The number of hydrogen-bond donors (Lipinski definition) is 0. The quantitative estimate of drug-likeness (QED) is 0.800. The fraction of sp³-hybridized carbons (Fsp3) is 0.611. The van der Waals surface area contributed by atoms with Gasteiger partial charge in [0.1, 0.15) is 5.01 Å². The molecule has 0 spiro atoms. The molecule has 3 heterocycles. The van der Waals surface area contributed by atoms with Crippen LogP contribution in [0, 0.1) is 5.92 Å². The molecule has 4 rings (SSSR count). The van der Waals surface area contributed by atoms with Gasteiger partial charge in [-0.2, -0.15) is 0 Å². The lowest BCUT2D eigenvalue weighted by atomic mass is 9.93. The van der Waals surface area contributed by atoms with Crippen molar-refractivity contribution in [1.29, 1.82) is 0 Å². The molecule has 5 nitrogen and oxygen atoms in total. The molecule has 1 atom stereocenters. The van der Waals surface area contributed by atoms with Crippen LogP contribution >= 0.6 is 11.3 Å². The van der Waals surface area contributed by atoms with E-state index in [9.17, 15) is 4.79 Å². The number of piperidine rings is 1. The lowest BCUT2D eigenvalue weighted by molar-refractivity contribution is 0.0797. The third-order valence-electron chi connectivity index (χ3n) is 5.17. The van der Waals surface area contributed by atoms with Gasteiger partial charge >= 0.3 is 0 Å². The molecule has 1 aliphatic carbocycles. The zero-order valence-corrected chi connectivity index (χ0v) is 15.0. The van der Waals surface area contributed by atoms with Gasteiger partial charge in [0.2, 0.25) is 5.78 Å². The van der Waals surface area contributed by atoms with E-state index in [1.807, 2.05) is 29.1 Å². The summed E-state index contributed by atoms with van der Waals surface area (Å²) in [5.41, 5.74) is 1.33. The molecule has 2 aromatic rings. The number of hydrogen-bond acceptors (Lipinski definition) is 5. The lowest BCUT2D eigenvalue weighted by Gasteiger charge is -2.31. The predicted molar refractivity (Wildman–Crippen MR) is 94.3 cm³/mol. The first-order valence-electron chi connectivity index (χ1n) is 8.92. The molecule has 24 heavy (non-hydrogen) atoms. The van der Waals surface area contributed by atoms with Crippen LogP contribution in [0.4, 0.5) is 0 Å². The van der Waals surface area contributed by atoms with Crippen LogP contribution in [0.25, 0.3) is 0 Å². The Hall–Kier alpha value is -1.53. The Morgan fingerprint density at radius 3 is 3.00 bits per heavy atom. The first-order valence-corrected chi connectivity index (χ1v) is 9.73. The van der Waals surface area contributed by atoms with Crippen molar-refractivity contribution < 1.29 is 4.79 Å². The van der Waals surface area contributed by atoms with E-state index >= 15 is 0 Å². The molecule has 0 bridgehead atoms. The van der Waals surface area contributed by atoms with Gasteiger partial charge in [0, 0.05) is 36.8 Å². The summed E-state index contributed by atoms with van der Waals surface area (Å²) >= 11 is 1.88. The summed E-state index contributed by atoms with van der Waals surface area (Å²) in [6.45, 7) is 2.78. The topological polar surface area (TPSA) is 51.0 Å². The molecular formula is C18H24N4OS. The van der Waals surface area contributed by atoms with Crippen molar-refractivity contribution in [3.8, 4) is 0 Å². The highest BCUT2D eigenvalue weighted by molar-refractivity contribution is 7.11. The Morgan fingerprint density at radius 1 is 1.33 bits per heavy atom. The highest BCUT2D eigenvalue weighted by Gasteiger charge is 2.29. The van der Waals surface area contributed by atoms with E-state index in [-0.39, 0.29) is 11.7 Å². The van der Waals surface area contributed by atoms with Crippen LogP contribution in [0.5, 0.6) is 0 Å². The highest BCUT2D eigenvalue weighted by atomic mass is 32.1. The summed E-state index contributed by atoms with van der Waals surface area (Å²) in [6.07, 6.45) is 10.5. The lowest BCUT2D eigenvalue weighted by Crippen LogP contribution is -2.38. The van der Waals surface area contributed by atoms with Crippen LogP contribution in [0.3, 0.4) is 0 Å². The summed E-state index contributed by atoms with van der Waals surface area (Å²) < 4.78 is 1.83. The summed E-state index contributed by atoms with van der Waals surface area (Å²) in [5.74, 6) is 0.839. The fourth-order valence-electron chi connectivity index (χ4n) is 3.86. The highest BCUT2D eigenvalue weighted by Crippen LogP contribution is 2.28. The monoisotopic (exact) mass is 344 g/mol. The predicted octanol–water partition coefficient (Wildman–Crippen LogP) is 2.85. The van der Waals surface area contributed by atoms with E-state index in [2.05, 4.69) is 9.88 Å². The molecule has 1 aliphatic heterocycles. The molecule has 0 unspecified atom stereocenters. The number of carbonyl (C=O) groups excluding carboxylic acids is 1. The van der Waals surface area contributed by atoms with Crippen molar-refractivity contribution in [3.63, 3.8) is 0 Å². The number of aryl methyl sites for hydroxylation is 3. The zero-order valence-electron chi connectivity index (χ0n) is 14.2. The maximum Gasteiger partial charge on any atom is 0.202 e. The van der Waals surface area contributed by atoms with Gasteiger partial charge in [-0.3, -0.25) is 9.69 Å². The first-order chi connectivity index (χ1) is 11.7. The molecule has 0 saturated carbocycles. The van der Waals surface area contributed by atoms with Crippen LogP contribution in [-0.2, 0) is 26.4 Å². The minimum absolute atomic E-state index is 0.0643. The van der Waals surface area contributed by atoms with Crippen molar-refractivity contribution in [3.05, 3.63) is 33.8 Å². The number of ketones is 1. The van der Waals surface area contributed by atoms with Gasteiger partial charge in [0.15, 0.2) is 5.82 Å². The Labute approximate surface area is 146 Å². The average Bonchev–Trinajstić information content (AvgIpc) is 3.19. The van der Waals surface area contributed by atoms with Gasteiger partial charge in [-0.25, -0.2) is 9.97 Å². The number of nitrogens with zero attached hydrogens (tertiary/aromatic N) is 4. The Bertz CT molecular complexity index is 712. The molecule has 0 radical (unpaired) electrons. The maximum absolute atomic E-state index is 12.7. The normalized spacial score (nSPS) is 21.6. The number of Topliss-reactive ketones (excluding diaryl/α,β-unsaturated/α-hetero) is 1. The van der Waals surface area contributed by atoms with Gasteiger partial charge in [-0.15, -0.1) is 11.3 Å². The number of imidazole rings is 1. The SMILES string of the molecule is Cn1ccnc1C(=O)[C@H]1CCCN(Cc2nc3c(s2)CCCC3)C1. The minimum atomic E-state index is 0.0643. The summed E-state index contributed by atoms with van der Waals surface area (Å²) in [6, 6.07) is 0. The fourth-order valence-corrected chi connectivity index (χ4v) is 5.06. The number of fused-ring (bicyclic) bond motifs is 1. The van der Waals surface area contributed by atoms with Crippen molar-refractivity contribution in [2.24, 2.45) is 13.0 Å². The van der Waals surface area contributed by atoms with Gasteiger partial charge in [-0.1, -0.05) is 0 Å². The van der Waals surface area contributed by atoms with Crippen LogP contribution < -0.4 is 0 Å². The van der Waals surface area contributed by atoms with Gasteiger partial charge in [0.25, 0.3) is 0 Å². The second-order valence-electron chi connectivity index (χ2n) is 6.98. The maximum atomic E-state index is 12.7. The average molecular weight is 344 g/mol. The number of likely N-dealkylation sites (tertiary alicyclic amines) is 1. The summed E-state index contributed by atoms with van der Waals surface area (Å²) in [5, 5.41) is 1.23. The summed E-state index contributed by atoms with van der Waals surface area (Å²) in [7, 11) is 1.89. The summed E-state index contributed by atoms with van der Waals surface area (Å²) in [4.78, 5) is 25.7. The molecule has 0 amide bonds. The van der Waals surface area contributed by atoms with E-state index in [0.717, 1.165) is 38.9 Å². The van der Waals surface area contributed by atoms with E-state index in [1.165, 1.54) is 34.8 Å². The molecule has 2 aromatic heterocycles. The van der Waals surface area contributed by atoms with E-state index < -0.39 is 0 Å². The third-order valence-corrected chi connectivity index (χ3v) is 6.31. The Kier molecular flexibility index (Phi) is 4.50. The van der Waals surface area contributed by atoms with Gasteiger partial charge in [-0.05, 0) is 45.1 Å². The second-order valence-corrected chi connectivity index (χ2v) is 8.15. The van der Waals surface area contributed by atoms with Crippen molar-refractivity contribution >= 4 is 17.1 Å². The molecular weight excluding hydrogens is 320 g/mol. The molecule has 1 saturated heterocycles. The molecule has 6 heteroatoms. The zero-order chi connectivity index (χ0) is 16.5. The smallest absolute Gasteiger partial charge is 0.202 e. The van der Waals surface area contributed by atoms with Crippen molar-refractivity contribution in [1.82, 2.24) is 19.4 Å². The van der Waals surface area contributed by atoms with Gasteiger partial charge < -0.3 is 4.57 Å². The van der Waals surface area contributed by atoms with E-state index in [0.29, 0.717) is 5.82 Å². The van der Waals surface area contributed by atoms with Crippen molar-refractivity contribution in [2.45, 2.75) is 45.1 Å². The molecule has 0 aromatic carbocycles. The second kappa shape index (κ2) is 6.76. The van der Waals surface area contributed by atoms with E-state index in [1.54, 1.807) is 6.20 Å². The van der Waals surface area contributed by atoms with Crippen LogP contribution in [-0.4, -0.2) is 38.3 Å². The molecule has 2 aliphatic rings. The van der Waals surface area contributed by atoms with Crippen molar-refractivity contribution in [2.75, 3.05) is 13.1 Å². The van der Waals surface area contributed by atoms with Gasteiger partial charge in [0.05, 0.1) is 12.2 Å². The largest absolute Gasteiger partial charge is 0.332 e.